The summed E-state index contributed by atoms with van der Waals surface area (Å²) in [4.78, 5) is 7.40. The predicted octanol–water partition coefficient (Wildman–Crippen LogP) is 4.75. The first-order chi connectivity index (χ1) is 13.8. The number of aryl methyl sites for hydroxylation is 1. The fourth-order valence-corrected chi connectivity index (χ4v) is 4.10. The van der Waals surface area contributed by atoms with Crippen LogP contribution < -0.4 is 10.1 Å². The summed E-state index contributed by atoms with van der Waals surface area (Å²) in [7, 11) is 1.70. The number of rotatable bonds is 7. The molecule has 28 heavy (non-hydrogen) atoms. The van der Waals surface area contributed by atoms with Gasteiger partial charge in [0.05, 0.1) is 7.11 Å². The molecule has 3 aromatic rings. The molecule has 1 fully saturated rings. The lowest BCUT2D eigenvalue weighted by Crippen LogP contribution is -2.42. The van der Waals surface area contributed by atoms with Crippen LogP contribution in [0.15, 0.2) is 60.7 Å². The number of para-hydroxylation sites is 1. The zero-order valence-electron chi connectivity index (χ0n) is 16.6. The largest absolute Gasteiger partial charge is 0.494 e. The van der Waals surface area contributed by atoms with Gasteiger partial charge in [-0.2, -0.15) is 0 Å². The minimum absolute atomic E-state index is 0.449. The van der Waals surface area contributed by atoms with Gasteiger partial charge in [-0.15, -0.1) is 0 Å². The zero-order chi connectivity index (χ0) is 19.2. The fourth-order valence-electron chi connectivity index (χ4n) is 4.10. The minimum Gasteiger partial charge on any atom is -0.494 e. The summed E-state index contributed by atoms with van der Waals surface area (Å²) in [6.45, 7) is 3.44. The van der Waals surface area contributed by atoms with Crippen molar-refractivity contribution < 1.29 is 4.74 Å². The van der Waals surface area contributed by atoms with Crippen molar-refractivity contribution in [2.24, 2.45) is 0 Å². The topological polar surface area (TPSA) is 37.4 Å². The van der Waals surface area contributed by atoms with Crippen LogP contribution in [0.1, 0.15) is 24.8 Å². The number of nitrogens with zero attached hydrogens (tertiary/aromatic N) is 2. The van der Waals surface area contributed by atoms with E-state index in [0.717, 1.165) is 42.0 Å². The van der Waals surface area contributed by atoms with Gasteiger partial charge in [-0.25, -0.2) is 4.98 Å². The number of anilines is 1. The molecule has 2 heterocycles. The van der Waals surface area contributed by atoms with Crippen LogP contribution in [0, 0.1) is 0 Å². The number of pyridine rings is 1. The molecule has 1 N–H and O–H groups in total. The Kier molecular flexibility index (Phi) is 6.07. The minimum atomic E-state index is 0.449. The van der Waals surface area contributed by atoms with Crippen molar-refractivity contribution in [3.05, 3.63) is 66.2 Å². The third-order valence-electron chi connectivity index (χ3n) is 5.54. The molecule has 1 aliphatic rings. The highest BCUT2D eigenvalue weighted by molar-refractivity contribution is 5.85. The molecule has 0 unspecified atom stereocenters. The third-order valence-corrected chi connectivity index (χ3v) is 5.54. The van der Waals surface area contributed by atoms with Crippen LogP contribution in [0.4, 0.5) is 5.82 Å². The van der Waals surface area contributed by atoms with E-state index in [1.807, 2.05) is 12.1 Å². The Balaban J connectivity index is 1.34. The molecule has 146 valence electrons. The summed E-state index contributed by atoms with van der Waals surface area (Å²) in [5.41, 5.74) is 2.36. The first-order valence-corrected chi connectivity index (χ1v) is 10.3. The molecule has 4 heteroatoms. The maximum absolute atomic E-state index is 5.47. The molecule has 4 nitrogen and oxygen atoms in total. The van der Waals surface area contributed by atoms with Crippen LogP contribution in [0.25, 0.3) is 10.9 Å². The molecular weight excluding hydrogens is 346 g/mol. The van der Waals surface area contributed by atoms with Gasteiger partial charge in [-0.1, -0.05) is 42.5 Å². The smallest absolute Gasteiger partial charge is 0.145 e. The average Bonchev–Trinajstić information content (AvgIpc) is 2.74. The lowest BCUT2D eigenvalue weighted by Gasteiger charge is -2.33. The Morgan fingerprint density at radius 1 is 1.07 bits per heavy atom. The number of likely N-dealkylation sites (tertiary alicyclic amines) is 1. The second-order valence-corrected chi connectivity index (χ2v) is 7.60. The number of hydrogen-bond acceptors (Lipinski definition) is 4. The molecule has 0 saturated carbocycles. The number of aromatic nitrogens is 1. The van der Waals surface area contributed by atoms with E-state index in [-0.39, 0.29) is 0 Å². The Morgan fingerprint density at radius 2 is 1.96 bits per heavy atom. The van der Waals surface area contributed by atoms with Crippen molar-refractivity contribution in [1.29, 1.82) is 0 Å². The number of nitrogens with one attached hydrogen (secondary N) is 1. The SMILES string of the molecule is COc1cccc2ccc(N[C@@H]3CCCN(CCCc4ccccc4)C3)nc12. The zero-order valence-corrected chi connectivity index (χ0v) is 16.6. The van der Waals surface area contributed by atoms with Crippen LogP contribution in [0.2, 0.25) is 0 Å². The first-order valence-electron chi connectivity index (χ1n) is 10.3. The Bertz CT molecular complexity index is 897. The van der Waals surface area contributed by atoms with Gasteiger partial charge in [-0.05, 0) is 62.5 Å². The average molecular weight is 376 g/mol. The monoisotopic (exact) mass is 375 g/mol. The lowest BCUT2D eigenvalue weighted by atomic mass is 10.0. The molecule has 0 amide bonds. The summed E-state index contributed by atoms with van der Waals surface area (Å²) < 4.78 is 5.47. The van der Waals surface area contributed by atoms with E-state index < -0.39 is 0 Å². The van der Waals surface area contributed by atoms with Crippen LogP contribution in [-0.4, -0.2) is 42.7 Å². The van der Waals surface area contributed by atoms with E-state index in [1.165, 1.54) is 31.4 Å². The van der Waals surface area contributed by atoms with E-state index in [4.69, 9.17) is 9.72 Å². The Morgan fingerprint density at radius 3 is 2.82 bits per heavy atom. The van der Waals surface area contributed by atoms with Crippen molar-refractivity contribution in [1.82, 2.24) is 9.88 Å². The van der Waals surface area contributed by atoms with Gasteiger partial charge in [0.15, 0.2) is 0 Å². The molecule has 1 atom stereocenters. The second-order valence-electron chi connectivity index (χ2n) is 7.60. The van der Waals surface area contributed by atoms with E-state index >= 15 is 0 Å². The van der Waals surface area contributed by atoms with Crippen LogP contribution in [0.5, 0.6) is 5.75 Å². The van der Waals surface area contributed by atoms with Gasteiger partial charge >= 0.3 is 0 Å². The maximum atomic E-state index is 5.47. The third kappa shape index (κ3) is 4.63. The molecule has 0 spiro atoms. The standard InChI is InChI=1S/C24H29N3O/c1-28-22-13-5-11-20-14-15-23(26-24(20)22)25-21-12-7-17-27(18-21)16-6-10-19-8-3-2-4-9-19/h2-5,8-9,11,13-15,21H,6-7,10,12,16-18H2,1H3,(H,25,26)/t21-/m1/s1. The van der Waals surface area contributed by atoms with Crippen molar-refractivity contribution >= 4 is 16.7 Å². The molecule has 1 aromatic heterocycles. The van der Waals surface area contributed by atoms with E-state index in [0.29, 0.717) is 6.04 Å². The number of piperidine rings is 1. The normalized spacial score (nSPS) is 17.5. The van der Waals surface area contributed by atoms with Crippen LogP contribution in [-0.2, 0) is 6.42 Å². The van der Waals surface area contributed by atoms with Gasteiger partial charge in [0.25, 0.3) is 0 Å². The lowest BCUT2D eigenvalue weighted by molar-refractivity contribution is 0.214. The molecule has 1 saturated heterocycles. The van der Waals surface area contributed by atoms with E-state index in [1.54, 1.807) is 7.11 Å². The predicted molar refractivity (Wildman–Crippen MR) is 116 cm³/mol. The van der Waals surface area contributed by atoms with Crippen LogP contribution >= 0.6 is 0 Å². The summed E-state index contributed by atoms with van der Waals surface area (Å²) in [5, 5.41) is 4.76. The quantitative estimate of drug-likeness (QED) is 0.646. The first kappa shape index (κ1) is 18.8. The molecule has 0 bridgehead atoms. The van der Waals surface area contributed by atoms with Crippen molar-refractivity contribution in [3.63, 3.8) is 0 Å². The highest BCUT2D eigenvalue weighted by Crippen LogP contribution is 2.25. The van der Waals surface area contributed by atoms with Gasteiger partial charge < -0.3 is 15.0 Å². The van der Waals surface area contributed by atoms with Crippen molar-refractivity contribution in [2.45, 2.75) is 31.7 Å². The maximum Gasteiger partial charge on any atom is 0.145 e. The number of hydrogen-bond donors (Lipinski definition) is 1. The fraction of sp³-hybridized carbons (Fsp3) is 0.375. The molecule has 0 aliphatic carbocycles. The van der Waals surface area contributed by atoms with Gasteiger partial charge in [0.2, 0.25) is 0 Å². The number of benzene rings is 2. The molecule has 2 aromatic carbocycles. The summed E-state index contributed by atoms with van der Waals surface area (Å²) >= 11 is 0. The molecule has 4 rings (SSSR count). The molecular formula is C24H29N3O. The van der Waals surface area contributed by atoms with Crippen LogP contribution in [0.3, 0.4) is 0 Å². The number of fused-ring (bicyclic) bond motifs is 1. The summed E-state index contributed by atoms with van der Waals surface area (Å²) in [6.07, 6.45) is 4.80. The molecule has 1 aliphatic heterocycles. The highest BCUT2D eigenvalue weighted by Gasteiger charge is 2.20. The summed E-state index contributed by atoms with van der Waals surface area (Å²) in [5.74, 6) is 1.76. The van der Waals surface area contributed by atoms with Crippen molar-refractivity contribution in [3.8, 4) is 5.75 Å². The van der Waals surface area contributed by atoms with Gasteiger partial charge in [0.1, 0.15) is 17.1 Å². The number of ether oxygens (including phenoxy) is 1. The Hall–Kier alpha value is -2.59. The van der Waals surface area contributed by atoms with Gasteiger partial charge in [0, 0.05) is 18.0 Å². The van der Waals surface area contributed by atoms with Gasteiger partial charge in [-0.3, -0.25) is 0 Å². The number of methoxy groups -OCH3 is 1. The molecule has 0 radical (unpaired) electrons. The summed E-state index contributed by atoms with van der Waals surface area (Å²) in [6, 6.07) is 21.5. The Labute approximate surface area is 167 Å². The second kappa shape index (κ2) is 9.07. The van der Waals surface area contributed by atoms with E-state index in [9.17, 15) is 0 Å². The highest BCUT2D eigenvalue weighted by atomic mass is 16.5. The van der Waals surface area contributed by atoms with Crippen molar-refractivity contribution in [2.75, 3.05) is 32.1 Å². The van der Waals surface area contributed by atoms with E-state index in [2.05, 4.69) is 58.7 Å².